The van der Waals surface area contributed by atoms with Gasteiger partial charge in [-0.2, -0.15) is 0 Å². The number of para-hydroxylation sites is 1. The monoisotopic (exact) mass is 303 g/mol. The lowest BCUT2D eigenvalue weighted by Gasteiger charge is -2.37. The lowest BCUT2D eigenvalue weighted by molar-refractivity contribution is -0.131. The second-order valence-corrected chi connectivity index (χ2v) is 6.29. The molecule has 2 rings (SSSR count). The molecule has 1 amide bonds. The van der Waals surface area contributed by atoms with Crippen LogP contribution >= 0.6 is 0 Å². The van der Waals surface area contributed by atoms with Gasteiger partial charge in [-0.05, 0) is 37.8 Å². The van der Waals surface area contributed by atoms with Crippen LogP contribution in [0.4, 0.5) is 5.69 Å². The average molecular weight is 303 g/mol. The quantitative estimate of drug-likeness (QED) is 0.849. The standard InChI is InChI=1S/C18H29N3O/c1-3-18(4-2,14-19)17(22)20-15-9-8-12-21(13-15)16-10-6-5-7-11-16/h5-7,10-11,15H,3-4,8-9,12-14,19H2,1-2H3,(H,20,22). The minimum atomic E-state index is -0.408. The Hall–Kier alpha value is -1.55. The summed E-state index contributed by atoms with van der Waals surface area (Å²) in [5.41, 5.74) is 6.71. The maximum Gasteiger partial charge on any atom is 0.227 e. The fourth-order valence-electron chi connectivity index (χ4n) is 3.26. The normalized spacial score (nSPS) is 19.0. The van der Waals surface area contributed by atoms with Gasteiger partial charge in [0.05, 0.1) is 5.41 Å². The van der Waals surface area contributed by atoms with Crippen molar-refractivity contribution >= 4 is 11.6 Å². The van der Waals surface area contributed by atoms with Gasteiger partial charge in [-0.3, -0.25) is 4.79 Å². The van der Waals surface area contributed by atoms with E-state index in [4.69, 9.17) is 5.73 Å². The molecule has 0 radical (unpaired) electrons. The summed E-state index contributed by atoms with van der Waals surface area (Å²) in [6.07, 6.45) is 3.73. The highest BCUT2D eigenvalue weighted by Crippen LogP contribution is 2.26. The highest BCUT2D eigenvalue weighted by atomic mass is 16.2. The van der Waals surface area contributed by atoms with Gasteiger partial charge in [0.25, 0.3) is 0 Å². The van der Waals surface area contributed by atoms with Crippen molar-refractivity contribution in [3.8, 4) is 0 Å². The number of amides is 1. The van der Waals surface area contributed by atoms with E-state index in [9.17, 15) is 4.79 Å². The van der Waals surface area contributed by atoms with Gasteiger partial charge in [0.2, 0.25) is 5.91 Å². The molecule has 0 saturated carbocycles. The van der Waals surface area contributed by atoms with Crippen LogP contribution in [-0.2, 0) is 4.79 Å². The van der Waals surface area contributed by atoms with Crippen LogP contribution < -0.4 is 16.0 Å². The van der Waals surface area contributed by atoms with Crippen LogP contribution in [0.1, 0.15) is 39.5 Å². The Balaban J connectivity index is 2.00. The zero-order valence-corrected chi connectivity index (χ0v) is 13.8. The van der Waals surface area contributed by atoms with Crippen LogP contribution in [0.2, 0.25) is 0 Å². The third kappa shape index (κ3) is 3.61. The number of carbonyl (C=O) groups is 1. The summed E-state index contributed by atoms with van der Waals surface area (Å²) in [5, 5.41) is 3.25. The summed E-state index contributed by atoms with van der Waals surface area (Å²) in [5.74, 6) is 0.125. The third-order valence-corrected chi connectivity index (χ3v) is 5.10. The number of nitrogens with one attached hydrogen (secondary N) is 1. The van der Waals surface area contributed by atoms with Gasteiger partial charge in [0.15, 0.2) is 0 Å². The molecule has 1 atom stereocenters. The first-order valence-electron chi connectivity index (χ1n) is 8.46. The van der Waals surface area contributed by atoms with Crippen LogP contribution in [0.15, 0.2) is 30.3 Å². The number of hydrogen-bond donors (Lipinski definition) is 2. The second kappa shape index (κ2) is 7.63. The number of piperidine rings is 1. The van der Waals surface area contributed by atoms with Crippen molar-refractivity contribution < 1.29 is 4.79 Å². The van der Waals surface area contributed by atoms with Crippen molar-refractivity contribution in [1.29, 1.82) is 0 Å². The van der Waals surface area contributed by atoms with E-state index in [1.165, 1.54) is 5.69 Å². The number of anilines is 1. The molecule has 1 fully saturated rings. The largest absolute Gasteiger partial charge is 0.369 e. The summed E-state index contributed by atoms with van der Waals surface area (Å²) in [6, 6.07) is 10.6. The van der Waals surface area contributed by atoms with E-state index in [2.05, 4.69) is 34.5 Å². The summed E-state index contributed by atoms with van der Waals surface area (Å²) in [4.78, 5) is 15.0. The molecule has 1 heterocycles. The first-order chi connectivity index (χ1) is 10.6. The molecule has 4 heteroatoms. The molecule has 4 nitrogen and oxygen atoms in total. The lowest BCUT2D eigenvalue weighted by Crippen LogP contribution is -2.53. The van der Waals surface area contributed by atoms with Gasteiger partial charge >= 0.3 is 0 Å². The smallest absolute Gasteiger partial charge is 0.227 e. The first-order valence-corrected chi connectivity index (χ1v) is 8.46. The van der Waals surface area contributed by atoms with Gasteiger partial charge in [-0.15, -0.1) is 0 Å². The maximum atomic E-state index is 12.7. The number of nitrogens with zero attached hydrogens (tertiary/aromatic N) is 1. The van der Waals surface area contributed by atoms with Crippen molar-refractivity contribution in [3.63, 3.8) is 0 Å². The molecule has 0 aliphatic carbocycles. The van der Waals surface area contributed by atoms with Gasteiger partial charge in [-0.1, -0.05) is 32.0 Å². The molecule has 22 heavy (non-hydrogen) atoms. The van der Waals surface area contributed by atoms with Gasteiger partial charge < -0.3 is 16.0 Å². The summed E-state index contributed by atoms with van der Waals surface area (Å²) in [6.45, 7) is 6.45. The summed E-state index contributed by atoms with van der Waals surface area (Å²) in [7, 11) is 0. The lowest BCUT2D eigenvalue weighted by atomic mass is 9.81. The summed E-state index contributed by atoms with van der Waals surface area (Å²) < 4.78 is 0. The molecule has 1 aliphatic heterocycles. The Kier molecular flexibility index (Phi) is 5.83. The van der Waals surface area contributed by atoms with Crippen molar-refractivity contribution in [2.45, 2.75) is 45.6 Å². The molecule has 0 bridgehead atoms. The molecule has 3 N–H and O–H groups in total. The van der Waals surface area contributed by atoms with E-state index in [1.54, 1.807) is 0 Å². The zero-order valence-electron chi connectivity index (χ0n) is 13.8. The molecule has 0 aromatic heterocycles. The number of carbonyl (C=O) groups excluding carboxylic acids is 1. The number of benzene rings is 1. The fraction of sp³-hybridized carbons (Fsp3) is 0.611. The van der Waals surface area contributed by atoms with Gasteiger partial charge in [-0.25, -0.2) is 0 Å². The zero-order chi connectivity index (χ0) is 16.0. The van der Waals surface area contributed by atoms with Crippen molar-refractivity contribution in [2.24, 2.45) is 11.1 Å². The molecule has 1 aliphatic rings. The Morgan fingerprint density at radius 3 is 2.59 bits per heavy atom. The predicted octanol–water partition coefficient (Wildman–Crippen LogP) is 2.54. The fourth-order valence-corrected chi connectivity index (χ4v) is 3.26. The number of hydrogen-bond acceptors (Lipinski definition) is 3. The minimum absolute atomic E-state index is 0.125. The van der Waals surface area contributed by atoms with Crippen LogP contribution in [0, 0.1) is 5.41 Å². The highest BCUT2D eigenvalue weighted by molar-refractivity contribution is 5.83. The number of nitrogens with two attached hydrogens (primary N) is 1. The van der Waals surface area contributed by atoms with Crippen LogP contribution in [0.5, 0.6) is 0 Å². The van der Waals surface area contributed by atoms with E-state index in [0.717, 1.165) is 38.8 Å². The van der Waals surface area contributed by atoms with E-state index in [-0.39, 0.29) is 11.9 Å². The Labute approximate surface area is 134 Å². The average Bonchev–Trinajstić information content (AvgIpc) is 2.58. The van der Waals surface area contributed by atoms with Crippen LogP contribution in [0.3, 0.4) is 0 Å². The van der Waals surface area contributed by atoms with Gasteiger partial charge in [0, 0.05) is 31.4 Å². The molecule has 1 aromatic rings. The van der Waals surface area contributed by atoms with Crippen molar-refractivity contribution in [2.75, 3.05) is 24.5 Å². The third-order valence-electron chi connectivity index (χ3n) is 5.10. The van der Waals surface area contributed by atoms with Crippen molar-refractivity contribution in [1.82, 2.24) is 5.32 Å². The predicted molar refractivity (Wildman–Crippen MR) is 91.9 cm³/mol. The summed E-state index contributed by atoms with van der Waals surface area (Å²) >= 11 is 0. The topological polar surface area (TPSA) is 58.4 Å². The highest BCUT2D eigenvalue weighted by Gasteiger charge is 2.35. The molecule has 122 valence electrons. The van der Waals surface area contributed by atoms with E-state index >= 15 is 0 Å². The molecule has 1 saturated heterocycles. The Bertz CT molecular complexity index is 462. The Morgan fingerprint density at radius 1 is 1.32 bits per heavy atom. The maximum absolute atomic E-state index is 12.7. The van der Waals surface area contributed by atoms with E-state index < -0.39 is 5.41 Å². The molecule has 1 unspecified atom stereocenters. The second-order valence-electron chi connectivity index (χ2n) is 6.29. The Morgan fingerprint density at radius 2 is 2.00 bits per heavy atom. The van der Waals surface area contributed by atoms with E-state index in [1.807, 2.05) is 19.9 Å². The minimum Gasteiger partial charge on any atom is -0.369 e. The molecular formula is C18H29N3O. The van der Waals surface area contributed by atoms with E-state index in [0.29, 0.717) is 6.54 Å². The molecular weight excluding hydrogens is 274 g/mol. The van der Waals surface area contributed by atoms with Crippen molar-refractivity contribution in [3.05, 3.63) is 30.3 Å². The number of rotatable bonds is 6. The molecule has 1 aromatic carbocycles. The SMILES string of the molecule is CCC(CC)(CN)C(=O)NC1CCCN(c2ccccc2)C1. The van der Waals surface area contributed by atoms with Crippen LogP contribution in [-0.4, -0.2) is 31.6 Å². The van der Waals surface area contributed by atoms with Crippen LogP contribution in [0.25, 0.3) is 0 Å². The van der Waals surface area contributed by atoms with Gasteiger partial charge in [0.1, 0.15) is 0 Å². The first kappa shape index (κ1) is 16.8. The molecule has 0 spiro atoms.